The SMILES string of the molecule is CCC(CNC(=O)[C@@H](N)CC(C)C)Oc1ccccc1Cl. The minimum atomic E-state index is -0.470. The number of hydrogen-bond acceptors (Lipinski definition) is 3. The Hall–Kier alpha value is -1.26. The Morgan fingerprint density at radius 2 is 2.05 bits per heavy atom. The predicted octanol–water partition coefficient (Wildman–Crippen LogP) is 2.99. The Morgan fingerprint density at radius 3 is 2.62 bits per heavy atom. The minimum absolute atomic E-state index is 0.125. The van der Waals surface area contributed by atoms with Crippen LogP contribution in [0.15, 0.2) is 24.3 Å². The highest BCUT2D eigenvalue weighted by molar-refractivity contribution is 6.32. The van der Waals surface area contributed by atoms with E-state index in [1.165, 1.54) is 0 Å². The standard InChI is InChI=1S/C16H25ClN2O2/c1-4-12(21-15-8-6-5-7-13(15)17)10-19-16(20)14(18)9-11(2)3/h5-8,11-12,14H,4,9-10,18H2,1-3H3,(H,19,20)/t12?,14-/m0/s1. The van der Waals surface area contributed by atoms with Crippen LogP contribution in [0.2, 0.25) is 5.02 Å². The number of rotatable bonds is 8. The van der Waals surface area contributed by atoms with Gasteiger partial charge in [-0.25, -0.2) is 0 Å². The number of halogens is 1. The third-order valence-corrected chi connectivity index (χ3v) is 3.46. The fourth-order valence-electron chi connectivity index (χ4n) is 1.95. The van der Waals surface area contributed by atoms with Crippen LogP contribution in [0.25, 0.3) is 0 Å². The summed E-state index contributed by atoms with van der Waals surface area (Å²) in [5, 5.41) is 3.41. The summed E-state index contributed by atoms with van der Waals surface area (Å²) in [4.78, 5) is 11.9. The summed E-state index contributed by atoms with van der Waals surface area (Å²) in [7, 11) is 0. The number of para-hydroxylation sites is 1. The Kier molecular flexibility index (Phi) is 7.54. The molecule has 0 heterocycles. The zero-order valence-electron chi connectivity index (χ0n) is 12.9. The van der Waals surface area contributed by atoms with E-state index in [0.29, 0.717) is 29.7 Å². The van der Waals surface area contributed by atoms with E-state index in [2.05, 4.69) is 5.32 Å². The van der Waals surface area contributed by atoms with E-state index in [-0.39, 0.29) is 12.0 Å². The molecule has 1 aromatic carbocycles. The van der Waals surface area contributed by atoms with Gasteiger partial charge in [0, 0.05) is 0 Å². The van der Waals surface area contributed by atoms with E-state index in [9.17, 15) is 4.79 Å². The summed E-state index contributed by atoms with van der Waals surface area (Å²) in [5.74, 6) is 0.892. The molecule has 0 fully saturated rings. The van der Waals surface area contributed by atoms with Crippen LogP contribution in [0.4, 0.5) is 0 Å². The van der Waals surface area contributed by atoms with Gasteiger partial charge in [0.05, 0.1) is 17.6 Å². The lowest BCUT2D eigenvalue weighted by atomic mass is 10.0. The Balaban J connectivity index is 2.48. The van der Waals surface area contributed by atoms with E-state index < -0.39 is 6.04 Å². The van der Waals surface area contributed by atoms with Crippen LogP contribution in [-0.2, 0) is 4.79 Å². The molecule has 0 aliphatic carbocycles. The molecule has 3 N–H and O–H groups in total. The molecule has 1 amide bonds. The Morgan fingerprint density at radius 1 is 1.38 bits per heavy atom. The molecule has 0 spiro atoms. The van der Waals surface area contributed by atoms with Crippen molar-refractivity contribution in [1.29, 1.82) is 0 Å². The Labute approximate surface area is 132 Å². The van der Waals surface area contributed by atoms with Gasteiger partial charge >= 0.3 is 0 Å². The van der Waals surface area contributed by atoms with Crippen LogP contribution >= 0.6 is 11.6 Å². The first-order valence-electron chi connectivity index (χ1n) is 7.38. The van der Waals surface area contributed by atoms with Gasteiger partial charge in [-0.2, -0.15) is 0 Å². The van der Waals surface area contributed by atoms with Crippen molar-refractivity contribution >= 4 is 17.5 Å². The van der Waals surface area contributed by atoms with Gasteiger partial charge in [-0.05, 0) is 30.9 Å². The number of nitrogens with one attached hydrogen (secondary N) is 1. The quantitative estimate of drug-likeness (QED) is 0.775. The van der Waals surface area contributed by atoms with Gasteiger partial charge in [0.1, 0.15) is 11.9 Å². The molecule has 0 saturated carbocycles. The zero-order valence-corrected chi connectivity index (χ0v) is 13.7. The molecule has 0 aliphatic rings. The summed E-state index contributed by atoms with van der Waals surface area (Å²) < 4.78 is 5.82. The summed E-state index contributed by atoms with van der Waals surface area (Å²) in [6.07, 6.45) is 1.32. The smallest absolute Gasteiger partial charge is 0.237 e. The largest absolute Gasteiger partial charge is 0.487 e. The van der Waals surface area contributed by atoms with E-state index in [1.807, 2.05) is 39.0 Å². The third kappa shape index (κ3) is 6.36. The van der Waals surface area contributed by atoms with Crippen LogP contribution < -0.4 is 15.8 Å². The lowest BCUT2D eigenvalue weighted by molar-refractivity contribution is -0.123. The second-order valence-electron chi connectivity index (χ2n) is 5.56. The number of benzene rings is 1. The molecular weight excluding hydrogens is 288 g/mol. The molecule has 1 rings (SSSR count). The van der Waals surface area contributed by atoms with Crippen LogP contribution in [0.5, 0.6) is 5.75 Å². The second kappa shape index (κ2) is 8.90. The topological polar surface area (TPSA) is 64.4 Å². The van der Waals surface area contributed by atoms with Crippen molar-refractivity contribution < 1.29 is 9.53 Å². The molecule has 0 bridgehead atoms. The van der Waals surface area contributed by atoms with Gasteiger partial charge in [0.25, 0.3) is 0 Å². The zero-order chi connectivity index (χ0) is 15.8. The average molecular weight is 313 g/mol. The van der Waals surface area contributed by atoms with Gasteiger partial charge in [0.15, 0.2) is 0 Å². The molecule has 1 aromatic rings. The predicted molar refractivity (Wildman–Crippen MR) is 86.6 cm³/mol. The number of carbonyl (C=O) groups is 1. The summed E-state index contributed by atoms with van der Waals surface area (Å²) >= 11 is 6.06. The van der Waals surface area contributed by atoms with Crippen molar-refractivity contribution in [3.8, 4) is 5.75 Å². The molecule has 21 heavy (non-hydrogen) atoms. The summed E-state index contributed by atoms with van der Waals surface area (Å²) in [5.41, 5.74) is 5.85. The van der Waals surface area contributed by atoms with Crippen molar-refractivity contribution in [2.24, 2.45) is 11.7 Å². The highest BCUT2D eigenvalue weighted by atomic mass is 35.5. The second-order valence-corrected chi connectivity index (χ2v) is 5.97. The van der Waals surface area contributed by atoms with E-state index in [1.54, 1.807) is 6.07 Å². The fourth-order valence-corrected chi connectivity index (χ4v) is 2.13. The highest BCUT2D eigenvalue weighted by Gasteiger charge is 2.17. The van der Waals surface area contributed by atoms with Crippen molar-refractivity contribution in [2.45, 2.75) is 45.8 Å². The van der Waals surface area contributed by atoms with Crippen LogP contribution in [0.3, 0.4) is 0 Å². The van der Waals surface area contributed by atoms with Gasteiger partial charge in [0.2, 0.25) is 5.91 Å². The normalized spacial score (nSPS) is 13.8. The molecule has 1 unspecified atom stereocenters. The first-order chi connectivity index (χ1) is 9.93. The van der Waals surface area contributed by atoms with Crippen LogP contribution in [0.1, 0.15) is 33.6 Å². The Bertz CT molecular complexity index is 452. The molecule has 0 aliphatic heterocycles. The number of ether oxygens (including phenoxy) is 1. The maximum Gasteiger partial charge on any atom is 0.237 e. The minimum Gasteiger partial charge on any atom is -0.487 e. The van der Waals surface area contributed by atoms with Crippen molar-refractivity contribution in [2.75, 3.05) is 6.54 Å². The molecule has 0 aromatic heterocycles. The lowest BCUT2D eigenvalue weighted by Gasteiger charge is -2.20. The van der Waals surface area contributed by atoms with Gasteiger partial charge < -0.3 is 15.8 Å². The summed E-state index contributed by atoms with van der Waals surface area (Å²) in [6.45, 7) is 6.51. The molecule has 118 valence electrons. The molecule has 0 radical (unpaired) electrons. The first kappa shape index (κ1) is 17.8. The molecule has 0 saturated heterocycles. The van der Waals surface area contributed by atoms with Crippen LogP contribution in [-0.4, -0.2) is 24.6 Å². The monoisotopic (exact) mass is 312 g/mol. The average Bonchev–Trinajstić information content (AvgIpc) is 2.44. The highest BCUT2D eigenvalue weighted by Crippen LogP contribution is 2.24. The molecule has 2 atom stereocenters. The summed E-state index contributed by atoms with van der Waals surface area (Å²) in [6, 6.07) is 6.84. The number of nitrogens with two attached hydrogens (primary N) is 1. The van der Waals surface area contributed by atoms with Crippen molar-refractivity contribution in [1.82, 2.24) is 5.32 Å². The van der Waals surface area contributed by atoms with Gasteiger partial charge in [-0.1, -0.05) is 44.5 Å². The number of amides is 1. The van der Waals surface area contributed by atoms with Gasteiger partial charge in [-0.15, -0.1) is 0 Å². The maximum atomic E-state index is 11.9. The molecule has 5 heteroatoms. The van der Waals surface area contributed by atoms with Gasteiger partial charge in [-0.3, -0.25) is 4.79 Å². The third-order valence-electron chi connectivity index (χ3n) is 3.15. The number of carbonyl (C=O) groups excluding carboxylic acids is 1. The van der Waals surface area contributed by atoms with Crippen LogP contribution in [0, 0.1) is 5.92 Å². The first-order valence-corrected chi connectivity index (χ1v) is 7.76. The van der Waals surface area contributed by atoms with Crippen molar-refractivity contribution in [3.63, 3.8) is 0 Å². The van der Waals surface area contributed by atoms with E-state index in [0.717, 1.165) is 6.42 Å². The molecule has 4 nitrogen and oxygen atoms in total. The maximum absolute atomic E-state index is 11.9. The van der Waals surface area contributed by atoms with E-state index >= 15 is 0 Å². The fraction of sp³-hybridized carbons (Fsp3) is 0.562. The molecular formula is C16H25ClN2O2. The lowest BCUT2D eigenvalue weighted by Crippen LogP contribution is -2.44. The van der Waals surface area contributed by atoms with E-state index in [4.69, 9.17) is 22.1 Å². The van der Waals surface area contributed by atoms with Crippen molar-refractivity contribution in [3.05, 3.63) is 29.3 Å². The number of hydrogen-bond donors (Lipinski definition) is 2.